The molecule has 2 rings (SSSR count). The number of rotatable bonds is 4. The van der Waals surface area contributed by atoms with Crippen LogP contribution in [-0.2, 0) is 17.1 Å². The first-order valence-electron chi connectivity index (χ1n) is 6.20. The molecule has 2 aromatic rings. The Morgan fingerprint density at radius 1 is 0.682 bits per heavy atom. The van der Waals surface area contributed by atoms with Gasteiger partial charge >= 0.3 is 17.1 Å². The number of benzene rings is 2. The summed E-state index contributed by atoms with van der Waals surface area (Å²) in [6.07, 6.45) is 7.95. The summed E-state index contributed by atoms with van der Waals surface area (Å²) >= 11 is 3.18. The van der Waals surface area contributed by atoms with E-state index in [0.717, 1.165) is 0 Å². The van der Waals surface area contributed by atoms with Crippen LogP contribution in [0.3, 0.4) is 0 Å². The van der Waals surface area contributed by atoms with E-state index in [-0.39, 0.29) is 35.9 Å². The molecule has 0 fully saturated rings. The van der Waals surface area contributed by atoms with E-state index in [2.05, 4.69) is 35.1 Å². The van der Waals surface area contributed by atoms with Gasteiger partial charge in [-0.1, -0.05) is 36.4 Å². The van der Waals surface area contributed by atoms with Gasteiger partial charge in [-0.25, -0.2) is 46.5 Å². The second-order valence-corrected chi connectivity index (χ2v) is 5.04. The molecule has 4 heteroatoms. The van der Waals surface area contributed by atoms with Gasteiger partial charge in [0.05, 0.1) is 0 Å². The second-order valence-electron chi connectivity index (χ2n) is 3.75. The minimum absolute atomic E-state index is 0. The maximum absolute atomic E-state index is 3.06. The van der Waals surface area contributed by atoms with Gasteiger partial charge in [-0.05, 0) is 12.5 Å². The van der Waals surface area contributed by atoms with Crippen LogP contribution in [0.1, 0.15) is 11.1 Å². The molecule has 2 aromatic carbocycles. The van der Waals surface area contributed by atoms with Crippen LogP contribution in [0.5, 0.6) is 0 Å². The Kier molecular flexibility index (Phi) is 18.6. The van der Waals surface area contributed by atoms with Crippen LogP contribution < -0.4 is 0 Å². The molecule has 0 bridgehead atoms. The standard InChI is InChI=1S/2C9H9S.Cu.Li/c2*1-10-8-7-9-5-3-2-4-6-9;;/h2*2-7H,1H3;;/q2*-1;+2;. The van der Waals surface area contributed by atoms with E-state index in [1.165, 1.54) is 11.1 Å². The molecule has 114 valence electrons. The summed E-state index contributed by atoms with van der Waals surface area (Å²) in [5.41, 5.74) is 2.41. The molecule has 0 saturated carbocycles. The third-order valence-corrected chi connectivity index (χ3v) is 2.99. The van der Waals surface area contributed by atoms with Gasteiger partial charge in [0, 0.05) is 18.9 Å². The summed E-state index contributed by atoms with van der Waals surface area (Å²) < 4.78 is 0. The minimum Gasteiger partial charge on any atom is -0.249 e. The Bertz CT molecular complexity index is 464. The molecule has 0 nitrogen and oxygen atoms in total. The van der Waals surface area contributed by atoms with Crippen LogP contribution in [0.25, 0.3) is 12.2 Å². The summed E-state index contributed by atoms with van der Waals surface area (Å²) in [5, 5.41) is 6.11. The predicted octanol–water partition coefficient (Wildman–Crippen LogP) is 5.26. The molecular formula is C18H18CuLiS2. The van der Waals surface area contributed by atoms with Crippen molar-refractivity contribution in [2.75, 3.05) is 12.5 Å². The Balaban J connectivity index is 0. The van der Waals surface area contributed by atoms with E-state index in [4.69, 9.17) is 0 Å². The molecule has 0 N–H and O–H groups in total. The van der Waals surface area contributed by atoms with Crippen LogP contribution in [0.4, 0.5) is 0 Å². The molecule has 2 radical (unpaired) electrons. The van der Waals surface area contributed by atoms with E-state index in [9.17, 15) is 0 Å². The smallest absolute Gasteiger partial charge is 0.249 e. The molecule has 0 aliphatic carbocycles. The van der Waals surface area contributed by atoms with E-state index in [1.54, 1.807) is 23.5 Å². The summed E-state index contributed by atoms with van der Waals surface area (Å²) in [7, 11) is 0. The van der Waals surface area contributed by atoms with Gasteiger partial charge in [0.2, 0.25) is 0 Å². The first-order chi connectivity index (χ1) is 9.86. The van der Waals surface area contributed by atoms with Crippen LogP contribution in [0.2, 0.25) is 0 Å². The Morgan fingerprint density at radius 2 is 1.00 bits per heavy atom. The van der Waals surface area contributed by atoms with Gasteiger partial charge < -0.3 is 0 Å². The van der Waals surface area contributed by atoms with Crippen LogP contribution in [0.15, 0.2) is 60.7 Å². The van der Waals surface area contributed by atoms with Crippen LogP contribution >= 0.6 is 23.5 Å². The SMILES string of the molecule is CS[C-]=Cc1ccccc1.CS[C-]=Cc1ccccc1.[Cu+2].[Li]. The van der Waals surface area contributed by atoms with Crippen molar-refractivity contribution in [1.29, 1.82) is 0 Å². The quantitative estimate of drug-likeness (QED) is 0.533. The average Bonchev–Trinajstić information content (AvgIpc) is 2.53. The fraction of sp³-hybridized carbons (Fsp3) is 0.111. The van der Waals surface area contributed by atoms with Crippen molar-refractivity contribution >= 4 is 54.5 Å². The van der Waals surface area contributed by atoms with Gasteiger partial charge in [-0.2, -0.15) is 11.1 Å². The molecule has 0 atom stereocenters. The van der Waals surface area contributed by atoms with E-state index in [0.29, 0.717) is 0 Å². The fourth-order valence-electron chi connectivity index (χ4n) is 1.35. The van der Waals surface area contributed by atoms with E-state index < -0.39 is 0 Å². The molecular weight excluding hydrogens is 351 g/mol. The van der Waals surface area contributed by atoms with Crippen LogP contribution in [-0.4, -0.2) is 31.4 Å². The minimum atomic E-state index is 0. The molecule has 0 aliphatic rings. The number of hydrogen-bond acceptors (Lipinski definition) is 2. The topological polar surface area (TPSA) is 0 Å². The first-order valence-corrected chi connectivity index (χ1v) is 8.65. The van der Waals surface area contributed by atoms with Crippen molar-refractivity contribution in [2.24, 2.45) is 0 Å². The van der Waals surface area contributed by atoms with Crippen molar-refractivity contribution in [2.45, 2.75) is 0 Å². The Labute approximate surface area is 165 Å². The van der Waals surface area contributed by atoms with Gasteiger partial charge in [0.1, 0.15) is 0 Å². The molecule has 0 amide bonds. The van der Waals surface area contributed by atoms with Gasteiger partial charge in [0.15, 0.2) is 0 Å². The third kappa shape index (κ3) is 12.3. The maximum Gasteiger partial charge on any atom is 2.00 e. The van der Waals surface area contributed by atoms with E-state index >= 15 is 0 Å². The van der Waals surface area contributed by atoms with Crippen molar-refractivity contribution in [3.8, 4) is 0 Å². The summed E-state index contributed by atoms with van der Waals surface area (Å²) in [5.74, 6) is 0. The first kappa shape index (κ1) is 24.0. The summed E-state index contributed by atoms with van der Waals surface area (Å²) in [4.78, 5) is 0. The zero-order valence-corrected chi connectivity index (χ0v) is 15.6. The Morgan fingerprint density at radius 3 is 1.27 bits per heavy atom. The van der Waals surface area contributed by atoms with Crippen molar-refractivity contribution in [3.63, 3.8) is 0 Å². The number of hydrogen-bond donors (Lipinski definition) is 0. The van der Waals surface area contributed by atoms with Crippen molar-refractivity contribution < 1.29 is 17.1 Å². The maximum atomic E-state index is 3.06. The molecule has 0 heterocycles. The molecule has 22 heavy (non-hydrogen) atoms. The second kappa shape index (κ2) is 17.1. The normalized spacial score (nSPS) is 9.55. The molecule has 0 saturated heterocycles. The molecule has 0 spiro atoms. The largest absolute Gasteiger partial charge is 2.00 e. The Hall–Kier alpha value is -0.263. The predicted molar refractivity (Wildman–Crippen MR) is 101 cm³/mol. The van der Waals surface area contributed by atoms with Crippen molar-refractivity contribution in [3.05, 3.63) is 82.6 Å². The zero-order chi connectivity index (χ0) is 14.5. The molecule has 0 aliphatic heterocycles. The van der Waals surface area contributed by atoms with Crippen LogP contribution in [0, 0.1) is 10.8 Å². The summed E-state index contributed by atoms with van der Waals surface area (Å²) in [6, 6.07) is 20.3. The van der Waals surface area contributed by atoms with E-state index in [1.807, 2.05) is 61.1 Å². The van der Waals surface area contributed by atoms with Gasteiger partial charge in [-0.3, -0.25) is 0 Å². The molecule has 0 aromatic heterocycles. The fourth-order valence-corrected chi connectivity index (χ4v) is 1.86. The monoisotopic (exact) mass is 368 g/mol. The van der Waals surface area contributed by atoms with Crippen molar-refractivity contribution in [1.82, 2.24) is 0 Å². The molecule has 0 unspecified atom stereocenters. The summed E-state index contributed by atoms with van der Waals surface area (Å²) in [6.45, 7) is 0. The van der Waals surface area contributed by atoms with Gasteiger partial charge in [0.25, 0.3) is 0 Å². The van der Waals surface area contributed by atoms with Gasteiger partial charge in [-0.15, -0.1) is 24.3 Å². The average molecular weight is 369 g/mol. The third-order valence-electron chi connectivity index (χ3n) is 2.29. The number of thioether (sulfide) groups is 2. The zero-order valence-electron chi connectivity index (χ0n) is 13.0.